The van der Waals surface area contributed by atoms with Crippen LogP contribution in [0, 0.1) is 5.92 Å². The molecule has 0 radical (unpaired) electrons. The molecule has 0 saturated carbocycles. The molecule has 2 unspecified atom stereocenters. The third-order valence-electron chi connectivity index (χ3n) is 5.37. The summed E-state index contributed by atoms with van der Waals surface area (Å²) in [6.45, 7) is 1.76. The average Bonchev–Trinajstić information content (AvgIpc) is 2.98. The van der Waals surface area contributed by atoms with E-state index in [0.717, 1.165) is 24.1 Å². The van der Waals surface area contributed by atoms with Crippen molar-refractivity contribution in [1.82, 2.24) is 4.90 Å². The molecule has 2 aliphatic heterocycles. The van der Waals surface area contributed by atoms with Gasteiger partial charge in [0.2, 0.25) is 11.8 Å². The molecule has 2 heterocycles. The molecule has 7 heteroatoms. The van der Waals surface area contributed by atoms with E-state index in [-0.39, 0.29) is 23.7 Å². The van der Waals surface area contributed by atoms with Gasteiger partial charge in [-0.1, -0.05) is 11.6 Å². The van der Waals surface area contributed by atoms with Crippen molar-refractivity contribution in [1.29, 1.82) is 0 Å². The largest absolute Gasteiger partial charge is 0.381 e. The van der Waals surface area contributed by atoms with Crippen molar-refractivity contribution >= 4 is 29.1 Å². The maximum Gasteiger partial charge on any atom is 0.244 e. The van der Waals surface area contributed by atoms with Crippen molar-refractivity contribution in [2.24, 2.45) is 11.7 Å². The van der Waals surface area contributed by atoms with E-state index >= 15 is 0 Å². The number of ether oxygens (including phenoxy) is 1. The number of halogens is 1. The van der Waals surface area contributed by atoms with Crippen LogP contribution in [0.3, 0.4) is 0 Å². The number of carbonyl (C=O) groups excluding carboxylic acids is 2. The van der Waals surface area contributed by atoms with Crippen molar-refractivity contribution in [2.45, 2.75) is 31.2 Å². The number of fused-ring (bicyclic) bond motifs is 1. The van der Waals surface area contributed by atoms with Crippen LogP contribution in [0.25, 0.3) is 0 Å². The molecular formula is C19H26ClN3O3. The number of amides is 2. The van der Waals surface area contributed by atoms with Gasteiger partial charge in [-0.2, -0.15) is 0 Å². The first-order valence-electron chi connectivity index (χ1n) is 9.02. The van der Waals surface area contributed by atoms with E-state index in [1.807, 2.05) is 12.1 Å². The first kappa shape index (κ1) is 19.1. The standard InChI is InChI=1S/C19H26ClN3O3/c1-22(2)17(24)9-13-11-23(16-4-3-14(20)10-15(13)16)19(25)18(21)12-5-7-26-8-6-12/h3-4,10,12-13,18H,5-9,11,21H2,1-2H3. The molecule has 0 spiro atoms. The van der Waals surface area contributed by atoms with Crippen molar-refractivity contribution in [3.05, 3.63) is 28.8 Å². The zero-order valence-electron chi connectivity index (χ0n) is 15.3. The van der Waals surface area contributed by atoms with Gasteiger partial charge in [-0.25, -0.2) is 0 Å². The van der Waals surface area contributed by atoms with Crippen LogP contribution in [-0.4, -0.2) is 56.6 Å². The summed E-state index contributed by atoms with van der Waals surface area (Å²) in [4.78, 5) is 28.6. The molecule has 1 aromatic carbocycles. The van der Waals surface area contributed by atoms with Gasteiger partial charge in [0.05, 0.1) is 6.04 Å². The van der Waals surface area contributed by atoms with Gasteiger partial charge in [-0.15, -0.1) is 0 Å². The van der Waals surface area contributed by atoms with Crippen LogP contribution in [0.15, 0.2) is 18.2 Å². The summed E-state index contributed by atoms with van der Waals surface area (Å²) in [7, 11) is 3.47. The Morgan fingerprint density at radius 3 is 2.69 bits per heavy atom. The quantitative estimate of drug-likeness (QED) is 0.868. The predicted molar refractivity (Wildman–Crippen MR) is 101 cm³/mol. The van der Waals surface area contributed by atoms with E-state index in [4.69, 9.17) is 22.1 Å². The Labute approximate surface area is 159 Å². The topological polar surface area (TPSA) is 75.9 Å². The fraction of sp³-hybridized carbons (Fsp3) is 0.579. The summed E-state index contributed by atoms with van der Waals surface area (Å²) in [6, 6.07) is 4.94. The number of rotatable bonds is 4. The van der Waals surface area contributed by atoms with Crippen molar-refractivity contribution in [2.75, 3.05) is 38.8 Å². The number of benzene rings is 1. The molecule has 2 atom stereocenters. The molecule has 1 fully saturated rings. The van der Waals surface area contributed by atoms with Gasteiger partial charge in [0.25, 0.3) is 0 Å². The van der Waals surface area contributed by atoms with Gasteiger partial charge in [0.15, 0.2) is 0 Å². The number of anilines is 1. The maximum absolute atomic E-state index is 13.1. The minimum atomic E-state index is -0.550. The molecule has 2 amide bonds. The van der Waals surface area contributed by atoms with E-state index < -0.39 is 6.04 Å². The Hall–Kier alpha value is -1.63. The highest BCUT2D eigenvalue weighted by Gasteiger charge is 2.38. The first-order chi connectivity index (χ1) is 12.4. The zero-order valence-corrected chi connectivity index (χ0v) is 16.0. The molecule has 6 nitrogen and oxygen atoms in total. The Bertz CT molecular complexity index is 689. The number of carbonyl (C=O) groups is 2. The lowest BCUT2D eigenvalue weighted by Crippen LogP contribution is -2.49. The van der Waals surface area contributed by atoms with Crippen LogP contribution in [0.2, 0.25) is 5.02 Å². The Kier molecular flexibility index (Phi) is 5.85. The molecule has 0 aromatic heterocycles. The summed E-state index contributed by atoms with van der Waals surface area (Å²) in [5.74, 6) is 0.0168. The van der Waals surface area contributed by atoms with Crippen LogP contribution < -0.4 is 10.6 Å². The zero-order chi connectivity index (χ0) is 18.8. The third kappa shape index (κ3) is 3.87. The van der Waals surface area contributed by atoms with E-state index in [0.29, 0.717) is 31.2 Å². The first-order valence-corrected chi connectivity index (χ1v) is 9.40. The molecule has 3 rings (SSSR count). The van der Waals surface area contributed by atoms with E-state index in [1.165, 1.54) is 0 Å². The van der Waals surface area contributed by atoms with Crippen LogP contribution in [-0.2, 0) is 14.3 Å². The molecule has 0 aliphatic carbocycles. The fourth-order valence-corrected chi connectivity index (χ4v) is 3.93. The van der Waals surface area contributed by atoms with Gasteiger partial charge in [0, 0.05) is 56.9 Å². The summed E-state index contributed by atoms with van der Waals surface area (Å²) in [5.41, 5.74) is 8.07. The van der Waals surface area contributed by atoms with Crippen LogP contribution in [0.5, 0.6) is 0 Å². The van der Waals surface area contributed by atoms with Gasteiger partial charge < -0.3 is 20.3 Å². The minimum Gasteiger partial charge on any atom is -0.381 e. The molecule has 142 valence electrons. The number of nitrogens with two attached hydrogens (primary N) is 1. The second-order valence-corrected chi connectivity index (χ2v) is 7.75. The highest BCUT2D eigenvalue weighted by Crippen LogP contribution is 2.40. The SMILES string of the molecule is CN(C)C(=O)CC1CN(C(=O)C(N)C2CCOCC2)c2ccc(Cl)cc21. The van der Waals surface area contributed by atoms with Crippen molar-refractivity contribution in [3.63, 3.8) is 0 Å². The summed E-state index contributed by atoms with van der Waals surface area (Å²) in [5, 5.41) is 0.606. The Balaban J connectivity index is 1.82. The molecular weight excluding hydrogens is 354 g/mol. The van der Waals surface area contributed by atoms with E-state index in [9.17, 15) is 9.59 Å². The van der Waals surface area contributed by atoms with Crippen LogP contribution in [0.4, 0.5) is 5.69 Å². The van der Waals surface area contributed by atoms with E-state index in [1.54, 1.807) is 30.0 Å². The average molecular weight is 380 g/mol. The second-order valence-electron chi connectivity index (χ2n) is 7.32. The lowest BCUT2D eigenvalue weighted by Gasteiger charge is -2.30. The molecule has 2 aliphatic rings. The lowest BCUT2D eigenvalue weighted by atomic mass is 9.91. The molecule has 26 heavy (non-hydrogen) atoms. The summed E-state index contributed by atoms with van der Waals surface area (Å²) >= 11 is 6.16. The molecule has 2 N–H and O–H groups in total. The minimum absolute atomic E-state index is 0.0314. The summed E-state index contributed by atoms with van der Waals surface area (Å²) < 4.78 is 5.37. The highest BCUT2D eigenvalue weighted by atomic mass is 35.5. The van der Waals surface area contributed by atoms with Crippen LogP contribution >= 0.6 is 11.6 Å². The summed E-state index contributed by atoms with van der Waals surface area (Å²) in [6.07, 6.45) is 1.95. The van der Waals surface area contributed by atoms with E-state index in [2.05, 4.69) is 0 Å². The normalized spacial score (nSPS) is 21.4. The molecule has 1 aromatic rings. The third-order valence-corrected chi connectivity index (χ3v) is 5.60. The Morgan fingerprint density at radius 2 is 2.04 bits per heavy atom. The number of nitrogens with zero attached hydrogens (tertiary/aromatic N) is 2. The predicted octanol–water partition coefficient (Wildman–Crippen LogP) is 2.00. The van der Waals surface area contributed by atoms with Crippen molar-refractivity contribution in [3.8, 4) is 0 Å². The van der Waals surface area contributed by atoms with Gasteiger partial charge in [-0.3, -0.25) is 9.59 Å². The fourth-order valence-electron chi connectivity index (χ4n) is 3.75. The monoisotopic (exact) mass is 379 g/mol. The molecule has 0 bridgehead atoms. The van der Waals surface area contributed by atoms with Crippen LogP contribution in [0.1, 0.15) is 30.7 Å². The maximum atomic E-state index is 13.1. The highest BCUT2D eigenvalue weighted by molar-refractivity contribution is 6.30. The van der Waals surface area contributed by atoms with Gasteiger partial charge in [0.1, 0.15) is 0 Å². The van der Waals surface area contributed by atoms with Gasteiger partial charge in [-0.05, 0) is 42.5 Å². The lowest BCUT2D eigenvalue weighted by molar-refractivity contribution is -0.129. The molecule has 1 saturated heterocycles. The number of hydrogen-bond donors (Lipinski definition) is 1. The number of hydrogen-bond acceptors (Lipinski definition) is 4. The Morgan fingerprint density at radius 1 is 1.35 bits per heavy atom. The van der Waals surface area contributed by atoms with Crippen molar-refractivity contribution < 1.29 is 14.3 Å². The van der Waals surface area contributed by atoms with Gasteiger partial charge >= 0.3 is 0 Å². The second kappa shape index (κ2) is 7.94. The smallest absolute Gasteiger partial charge is 0.244 e.